The first kappa shape index (κ1) is 19.2. The molecule has 0 saturated carbocycles. The zero-order valence-electron chi connectivity index (χ0n) is 15.3. The Morgan fingerprint density at radius 3 is 2.56 bits per heavy atom. The number of rotatable bonds is 3. The van der Waals surface area contributed by atoms with E-state index < -0.39 is 17.5 Å². The molecule has 1 unspecified atom stereocenters. The third-order valence-corrected chi connectivity index (χ3v) is 5.13. The Morgan fingerprint density at radius 1 is 1.11 bits per heavy atom. The van der Waals surface area contributed by atoms with Gasteiger partial charge in [-0.25, -0.2) is 9.18 Å². The number of carbonyl (C=O) groups is 2. The summed E-state index contributed by atoms with van der Waals surface area (Å²) >= 11 is 1.48. The van der Waals surface area contributed by atoms with Crippen LogP contribution in [0, 0.1) is 5.82 Å². The highest BCUT2D eigenvalue weighted by atomic mass is 32.2. The first-order valence-electron chi connectivity index (χ1n) is 8.56. The van der Waals surface area contributed by atoms with Gasteiger partial charge in [-0.15, -0.1) is 11.8 Å². The molecule has 2 amide bonds. The average molecular weight is 388 g/mol. The first-order chi connectivity index (χ1) is 12.7. The molecule has 0 aliphatic carbocycles. The fourth-order valence-corrected chi connectivity index (χ4v) is 3.88. The van der Waals surface area contributed by atoms with Crippen molar-refractivity contribution in [2.75, 3.05) is 10.6 Å². The van der Waals surface area contributed by atoms with Crippen LogP contribution in [0.4, 0.5) is 20.6 Å². The minimum Gasteiger partial charge on any atom is -0.444 e. The van der Waals surface area contributed by atoms with Crippen LogP contribution in [0.5, 0.6) is 0 Å². The molecule has 0 bridgehead atoms. The van der Waals surface area contributed by atoms with Crippen molar-refractivity contribution in [3.63, 3.8) is 0 Å². The van der Waals surface area contributed by atoms with Gasteiger partial charge in [0.1, 0.15) is 11.4 Å². The van der Waals surface area contributed by atoms with E-state index in [0.717, 1.165) is 10.5 Å². The molecule has 1 heterocycles. The number of nitrogens with one attached hydrogen (secondary N) is 2. The van der Waals surface area contributed by atoms with E-state index in [2.05, 4.69) is 10.6 Å². The summed E-state index contributed by atoms with van der Waals surface area (Å²) in [6.45, 7) is 5.23. The molecule has 3 rings (SSSR count). The van der Waals surface area contributed by atoms with Gasteiger partial charge in [-0.3, -0.25) is 10.1 Å². The first-order valence-corrected chi connectivity index (χ1v) is 9.44. The Morgan fingerprint density at radius 2 is 1.85 bits per heavy atom. The molecule has 0 radical (unpaired) electrons. The number of hydrogen-bond acceptors (Lipinski definition) is 4. The van der Waals surface area contributed by atoms with Crippen molar-refractivity contribution in [3.8, 4) is 0 Å². The molecule has 1 aliphatic rings. The second-order valence-electron chi connectivity index (χ2n) is 7.22. The third kappa shape index (κ3) is 5.01. The zero-order chi connectivity index (χ0) is 19.6. The van der Waals surface area contributed by atoms with Crippen LogP contribution in [0.15, 0.2) is 47.4 Å². The fourth-order valence-electron chi connectivity index (χ4n) is 2.68. The monoisotopic (exact) mass is 388 g/mol. The third-order valence-electron chi connectivity index (χ3n) is 3.81. The van der Waals surface area contributed by atoms with Crippen LogP contribution >= 0.6 is 11.8 Å². The molecule has 7 heteroatoms. The van der Waals surface area contributed by atoms with E-state index in [0.29, 0.717) is 6.42 Å². The van der Waals surface area contributed by atoms with Crippen LogP contribution < -0.4 is 10.6 Å². The molecule has 2 N–H and O–H groups in total. The second kappa shape index (κ2) is 7.60. The van der Waals surface area contributed by atoms with Crippen LogP contribution in [0.1, 0.15) is 26.3 Å². The molecule has 0 fully saturated rings. The Balaban J connectivity index is 1.72. The minimum absolute atomic E-state index is 0.197. The Hall–Kier alpha value is -2.54. The fraction of sp³-hybridized carbons (Fsp3) is 0.300. The summed E-state index contributed by atoms with van der Waals surface area (Å²) < 4.78 is 18.9. The van der Waals surface area contributed by atoms with Gasteiger partial charge in [0.25, 0.3) is 0 Å². The van der Waals surface area contributed by atoms with Gasteiger partial charge in [-0.1, -0.05) is 18.2 Å². The molecule has 0 spiro atoms. The molecule has 27 heavy (non-hydrogen) atoms. The normalized spacial score (nSPS) is 15.8. The van der Waals surface area contributed by atoms with E-state index in [4.69, 9.17) is 4.74 Å². The molecular weight excluding hydrogens is 367 g/mol. The van der Waals surface area contributed by atoms with Gasteiger partial charge >= 0.3 is 6.09 Å². The van der Waals surface area contributed by atoms with Crippen LogP contribution in [0.25, 0.3) is 0 Å². The highest BCUT2D eigenvalue weighted by Crippen LogP contribution is 2.37. The second-order valence-corrected chi connectivity index (χ2v) is 8.47. The average Bonchev–Trinajstić information content (AvgIpc) is 3.00. The van der Waals surface area contributed by atoms with Crippen LogP contribution in [-0.2, 0) is 16.0 Å². The molecule has 2 aromatic rings. The largest absolute Gasteiger partial charge is 0.444 e. The summed E-state index contributed by atoms with van der Waals surface area (Å²) in [6, 6.07) is 11.6. The Labute approximate surface area is 161 Å². The lowest BCUT2D eigenvalue weighted by molar-refractivity contribution is -0.115. The van der Waals surface area contributed by atoms with E-state index in [-0.39, 0.29) is 22.5 Å². The number of hydrogen-bond donors (Lipinski definition) is 2. The van der Waals surface area contributed by atoms with E-state index >= 15 is 0 Å². The molecule has 2 aromatic carbocycles. The predicted molar refractivity (Wildman–Crippen MR) is 105 cm³/mol. The number of ether oxygens (including phenoxy) is 1. The van der Waals surface area contributed by atoms with Crippen molar-refractivity contribution in [1.29, 1.82) is 0 Å². The van der Waals surface area contributed by atoms with Gasteiger partial charge in [0.15, 0.2) is 0 Å². The van der Waals surface area contributed by atoms with Crippen molar-refractivity contribution in [2.24, 2.45) is 0 Å². The molecule has 5 nitrogen and oxygen atoms in total. The summed E-state index contributed by atoms with van der Waals surface area (Å²) in [7, 11) is 0. The van der Waals surface area contributed by atoms with Gasteiger partial charge in [0.2, 0.25) is 5.91 Å². The summed E-state index contributed by atoms with van der Waals surface area (Å²) in [6.07, 6.45) is -0.0659. The highest BCUT2D eigenvalue weighted by Gasteiger charge is 2.28. The number of thioether (sulfide) groups is 1. The molecule has 1 aliphatic heterocycles. The molecule has 142 valence electrons. The SMILES string of the molecule is CC(C)(C)OC(=O)Nc1ccc(F)cc1NC(=O)C1Cc2ccccc2S1. The van der Waals surface area contributed by atoms with E-state index in [1.807, 2.05) is 24.3 Å². The van der Waals surface area contributed by atoms with Crippen molar-refractivity contribution >= 4 is 35.1 Å². The molecule has 0 saturated heterocycles. The number of anilines is 2. The number of carbonyl (C=O) groups excluding carboxylic acids is 2. The zero-order valence-corrected chi connectivity index (χ0v) is 16.2. The Bertz CT molecular complexity index is 855. The predicted octanol–water partition coefficient (Wildman–Crippen LogP) is 4.83. The van der Waals surface area contributed by atoms with Crippen LogP contribution in [-0.4, -0.2) is 22.9 Å². The number of halogens is 1. The Kier molecular flexibility index (Phi) is 5.41. The van der Waals surface area contributed by atoms with Crippen LogP contribution in [0.3, 0.4) is 0 Å². The topological polar surface area (TPSA) is 67.4 Å². The summed E-state index contributed by atoms with van der Waals surface area (Å²) in [5.74, 6) is -0.753. The van der Waals surface area contributed by atoms with Gasteiger partial charge < -0.3 is 10.1 Å². The summed E-state index contributed by atoms with van der Waals surface area (Å²) in [4.78, 5) is 25.7. The van der Waals surface area contributed by atoms with E-state index in [9.17, 15) is 14.0 Å². The highest BCUT2D eigenvalue weighted by molar-refractivity contribution is 8.01. The van der Waals surface area contributed by atoms with Crippen molar-refractivity contribution in [2.45, 2.75) is 42.9 Å². The minimum atomic E-state index is -0.674. The molecular formula is C20H21FN2O3S. The standard InChI is InChI=1S/C20H21FN2O3S/c1-20(2,3)26-19(25)23-14-9-8-13(21)11-15(14)22-18(24)17-10-12-6-4-5-7-16(12)27-17/h4-9,11,17H,10H2,1-3H3,(H,22,24)(H,23,25). The van der Waals surface area contributed by atoms with Crippen LogP contribution in [0.2, 0.25) is 0 Å². The van der Waals surface area contributed by atoms with Gasteiger partial charge in [-0.2, -0.15) is 0 Å². The summed E-state index contributed by atoms with van der Waals surface area (Å²) in [5, 5.41) is 4.98. The van der Waals surface area contributed by atoms with E-state index in [1.165, 1.54) is 30.0 Å². The molecule has 1 atom stereocenters. The quantitative estimate of drug-likeness (QED) is 0.790. The van der Waals surface area contributed by atoms with Gasteiger partial charge in [-0.05, 0) is 57.0 Å². The maximum Gasteiger partial charge on any atom is 0.412 e. The van der Waals surface area contributed by atoms with Crippen molar-refractivity contribution in [3.05, 3.63) is 53.8 Å². The maximum atomic E-state index is 13.7. The number of benzene rings is 2. The smallest absolute Gasteiger partial charge is 0.412 e. The number of fused-ring (bicyclic) bond motifs is 1. The lowest BCUT2D eigenvalue weighted by Gasteiger charge is -2.21. The van der Waals surface area contributed by atoms with Gasteiger partial charge in [0.05, 0.1) is 16.6 Å². The lowest BCUT2D eigenvalue weighted by Crippen LogP contribution is -2.28. The maximum absolute atomic E-state index is 13.7. The van der Waals surface area contributed by atoms with Gasteiger partial charge in [0, 0.05) is 4.90 Å². The summed E-state index contributed by atoms with van der Waals surface area (Å²) in [5.41, 5.74) is 0.927. The lowest BCUT2D eigenvalue weighted by atomic mass is 10.1. The number of amides is 2. The molecule has 0 aromatic heterocycles. The van der Waals surface area contributed by atoms with Crippen molar-refractivity contribution < 1.29 is 18.7 Å². The van der Waals surface area contributed by atoms with Crippen molar-refractivity contribution in [1.82, 2.24) is 0 Å². The van der Waals surface area contributed by atoms with E-state index in [1.54, 1.807) is 20.8 Å².